The lowest BCUT2D eigenvalue weighted by atomic mass is 10.1. The summed E-state index contributed by atoms with van der Waals surface area (Å²) < 4.78 is 0. The van der Waals surface area contributed by atoms with Crippen LogP contribution in [0.2, 0.25) is 0 Å². The number of nitrogens with zero attached hydrogens (tertiary/aromatic N) is 1. The molecule has 0 saturated carbocycles. The van der Waals surface area contributed by atoms with E-state index in [1.54, 1.807) is 0 Å². The lowest BCUT2D eigenvalue weighted by Crippen LogP contribution is -2.43. The van der Waals surface area contributed by atoms with Crippen LogP contribution in [-0.4, -0.2) is 36.3 Å². The number of carbonyl (C=O) groups excluding carboxylic acids is 2. The Morgan fingerprint density at radius 1 is 1.20 bits per heavy atom. The summed E-state index contributed by atoms with van der Waals surface area (Å²) in [6.07, 6.45) is 3.38. The van der Waals surface area contributed by atoms with Crippen molar-refractivity contribution in [2.75, 3.05) is 19.6 Å². The van der Waals surface area contributed by atoms with E-state index in [4.69, 9.17) is 0 Å². The molecule has 0 aromatic rings. The minimum atomic E-state index is -0.0563. The van der Waals surface area contributed by atoms with E-state index in [9.17, 15) is 9.59 Å². The quantitative estimate of drug-likeness (QED) is 0.751. The number of nitrogens with one attached hydrogen (secondary N) is 1. The van der Waals surface area contributed by atoms with Gasteiger partial charge in [-0.15, -0.1) is 0 Å². The number of piperidine rings is 1. The maximum atomic E-state index is 11.6. The average Bonchev–Trinajstić information content (AvgIpc) is 2.26. The highest BCUT2D eigenvalue weighted by molar-refractivity contribution is 5.85. The lowest BCUT2D eigenvalue weighted by molar-refractivity contribution is -0.134. The van der Waals surface area contributed by atoms with Crippen molar-refractivity contribution in [2.24, 2.45) is 5.92 Å². The van der Waals surface area contributed by atoms with Gasteiger partial charge in [-0.25, -0.2) is 0 Å². The average molecular weight is 212 g/mol. The standard InChI is InChI=1S/C11H20N2O2/c1-9(2)11(15)12-8-10(14)13-6-4-3-5-7-13/h9H,3-8H2,1-2H3,(H,12,15). The van der Waals surface area contributed by atoms with Gasteiger partial charge in [-0.1, -0.05) is 13.8 Å². The van der Waals surface area contributed by atoms with E-state index in [0.29, 0.717) is 0 Å². The molecule has 0 atom stereocenters. The highest BCUT2D eigenvalue weighted by Crippen LogP contribution is 2.08. The van der Waals surface area contributed by atoms with E-state index in [1.807, 2.05) is 18.7 Å². The number of carbonyl (C=O) groups is 2. The Bertz CT molecular complexity index is 233. The molecular formula is C11H20N2O2. The van der Waals surface area contributed by atoms with Crippen molar-refractivity contribution in [2.45, 2.75) is 33.1 Å². The summed E-state index contributed by atoms with van der Waals surface area (Å²) in [6.45, 7) is 5.48. The van der Waals surface area contributed by atoms with Gasteiger partial charge in [-0.05, 0) is 19.3 Å². The van der Waals surface area contributed by atoms with Crippen LogP contribution in [0.4, 0.5) is 0 Å². The normalized spacial score (nSPS) is 16.6. The zero-order valence-electron chi connectivity index (χ0n) is 9.58. The molecule has 4 heteroatoms. The lowest BCUT2D eigenvalue weighted by Gasteiger charge is -2.26. The summed E-state index contributed by atoms with van der Waals surface area (Å²) in [5, 5.41) is 2.65. The van der Waals surface area contributed by atoms with Crippen molar-refractivity contribution in [1.29, 1.82) is 0 Å². The summed E-state index contributed by atoms with van der Waals surface area (Å²) in [6, 6.07) is 0. The van der Waals surface area contributed by atoms with E-state index >= 15 is 0 Å². The Morgan fingerprint density at radius 3 is 2.33 bits per heavy atom. The number of amides is 2. The molecule has 1 aliphatic heterocycles. The van der Waals surface area contributed by atoms with Gasteiger partial charge in [0, 0.05) is 19.0 Å². The number of rotatable bonds is 3. The fraction of sp³-hybridized carbons (Fsp3) is 0.818. The summed E-state index contributed by atoms with van der Waals surface area (Å²) >= 11 is 0. The second-order valence-electron chi connectivity index (χ2n) is 4.31. The number of hydrogen-bond acceptors (Lipinski definition) is 2. The molecule has 1 saturated heterocycles. The number of likely N-dealkylation sites (tertiary alicyclic amines) is 1. The van der Waals surface area contributed by atoms with Crippen molar-refractivity contribution in [3.63, 3.8) is 0 Å². The monoisotopic (exact) mass is 212 g/mol. The molecule has 86 valence electrons. The fourth-order valence-electron chi connectivity index (χ4n) is 1.62. The van der Waals surface area contributed by atoms with Gasteiger partial charge in [0.1, 0.15) is 0 Å². The Kier molecular flexibility index (Phi) is 4.59. The molecule has 15 heavy (non-hydrogen) atoms. The Hall–Kier alpha value is -1.06. The van der Waals surface area contributed by atoms with Crippen LogP contribution in [0, 0.1) is 5.92 Å². The zero-order chi connectivity index (χ0) is 11.3. The summed E-state index contributed by atoms with van der Waals surface area (Å²) in [5.41, 5.74) is 0. The van der Waals surface area contributed by atoms with E-state index in [2.05, 4.69) is 5.32 Å². The van der Waals surface area contributed by atoms with E-state index in [-0.39, 0.29) is 24.3 Å². The van der Waals surface area contributed by atoms with Gasteiger partial charge < -0.3 is 10.2 Å². The van der Waals surface area contributed by atoms with E-state index < -0.39 is 0 Å². The van der Waals surface area contributed by atoms with Crippen molar-refractivity contribution < 1.29 is 9.59 Å². The molecule has 1 rings (SSSR count). The third-order valence-electron chi connectivity index (χ3n) is 2.65. The van der Waals surface area contributed by atoms with Gasteiger partial charge >= 0.3 is 0 Å². The van der Waals surface area contributed by atoms with Crippen LogP contribution in [0.3, 0.4) is 0 Å². The molecule has 1 heterocycles. The van der Waals surface area contributed by atoms with Crippen LogP contribution in [0.25, 0.3) is 0 Å². The maximum Gasteiger partial charge on any atom is 0.241 e. The van der Waals surface area contributed by atoms with Gasteiger partial charge in [0.2, 0.25) is 11.8 Å². The van der Waals surface area contributed by atoms with Crippen molar-refractivity contribution in [3.8, 4) is 0 Å². The topological polar surface area (TPSA) is 49.4 Å². The molecule has 0 bridgehead atoms. The summed E-state index contributed by atoms with van der Waals surface area (Å²) in [5.74, 6) is -0.0665. The van der Waals surface area contributed by atoms with Gasteiger partial charge in [0.25, 0.3) is 0 Å². The molecule has 1 fully saturated rings. The van der Waals surface area contributed by atoms with Crippen molar-refractivity contribution in [1.82, 2.24) is 10.2 Å². The first-order valence-electron chi connectivity index (χ1n) is 5.66. The van der Waals surface area contributed by atoms with Crippen LogP contribution >= 0.6 is 0 Å². The van der Waals surface area contributed by atoms with E-state index in [0.717, 1.165) is 25.9 Å². The number of hydrogen-bond donors (Lipinski definition) is 1. The van der Waals surface area contributed by atoms with Gasteiger partial charge in [0.05, 0.1) is 6.54 Å². The predicted octanol–water partition coefficient (Wildman–Crippen LogP) is 0.771. The molecule has 0 unspecified atom stereocenters. The fourth-order valence-corrected chi connectivity index (χ4v) is 1.62. The Labute approximate surface area is 91.0 Å². The molecule has 1 aliphatic rings. The first kappa shape index (κ1) is 12.0. The van der Waals surface area contributed by atoms with Crippen LogP contribution in [0.5, 0.6) is 0 Å². The van der Waals surface area contributed by atoms with Gasteiger partial charge in [-0.3, -0.25) is 9.59 Å². The second-order valence-corrected chi connectivity index (χ2v) is 4.31. The predicted molar refractivity (Wildman–Crippen MR) is 58.3 cm³/mol. The molecular weight excluding hydrogens is 192 g/mol. The smallest absolute Gasteiger partial charge is 0.241 e. The van der Waals surface area contributed by atoms with Crippen LogP contribution in [-0.2, 0) is 9.59 Å². The van der Waals surface area contributed by atoms with E-state index in [1.165, 1.54) is 6.42 Å². The maximum absolute atomic E-state index is 11.6. The summed E-state index contributed by atoms with van der Waals surface area (Å²) in [4.78, 5) is 24.7. The van der Waals surface area contributed by atoms with Crippen LogP contribution < -0.4 is 5.32 Å². The van der Waals surface area contributed by atoms with Crippen molar-refractivity contribution in [3.05, 3.63) is 0 Å². The second kappa shape index (κ2) is 5.73. The molecule has 4 nitrogen and oxygen atoms in total. The van der Waals surface area contributed by atoms with Crippen molar-refractivity contribution >= 4 is 11.8 Å². The minimum absolute atomic E-state index is 0.0451. The SMILES string of the molecule is CC(C)C(=O)NCC(=O)N1CCCCC1. The molecule has 0 spiro atoms. The summed E-state index contributed by atoms with van der Waals surface area (Å²) in [7, 11) is 0. The molecule has 0 aliphatic carbocycles. The molecule has 2 amide bonds. The molecule has 1 N–H and O–H groups in total. The van der Waals surface area contributed by atoms with Crippen LogP contribution in [0.1, 0.15) is 33.1 Å². The first-order valence-corrected chi connectivity index (χ1v) is 5.66. The third-order valence-corrected chi connectivity index (χ3v) is 2.65. The highest BCUT2D eigenvalue weighted by Gasteiger charge is 2.17. The van der Waals surface area contributed by atoms with Crippen LogP contribution in [0.15, 0.2) is 0 Å². The molecule has 0 aromatic heterocycles. The largest absolute Gasteiger partial charge is 0.347 e. The Balaban J connectivity index is 2.26. The van der Waals surface area contributed by atoms with Gasteiger partial charge in [0.15, 0.2) is 0 Å². The highest BCUT2D eigenvalue weighted by atomic mass is 16.2. The minimum Gasteiger partial charge on any atom is -0.347 e. The first-order chi connectivity index (χ1) is 7.11. The Morgan fingerprint density at radius 2 is 1.80 bits per heavy atom. The third kappa shape index (κ3) is 3.90. The molecule has 0 aromatic carbocycles. The zero-order valence-corrected chi connectivity index (χ0v) is 9.58. The van der Waals surface area contributed by atoms with Gasteiger partial charge in [-0.2, -0.15) is 0 Å². The molecule has 0 radical (unpaired) electrons.